The third kappa shape index (κ3) is 24.5. The van der Waals surface area contributed by atoms with Crippen molar-refractivity contribution in [1.29, 1.82) is 0 Å². The van der Waals surface area contributed by atoms with Crippen molar-refractivity contribution in [2.24, 2.45) is 0 Å². The molecule has 7 heteroatoms. The van der Waals surface area contributed by atoms with Crippen LogP contribution in [0.1, 0.15) is 143 Å². The SMILES string of the molecule is CCCCCCCCCCCCCCCCOOC(COC(=O)CC(CC)OC(C)=O)OCCCC. The Labute approximate surface area is 221 Å². The number of carbonyl (C=O) groups is 2. The van der Waals surface area contributed by atoms with E-state index in [0.717, 1.165) is 25.7 Å². The fourth-order valence-corrected chi connectivity index (χ4v) is 3.85. The first-order valence-electron chi connectivity index (χ1n) is 14.8. The Morgan fingerprint density at radius 1 is 0.667 bits per heavy atom. The fraction of sp³-hybridized carbons (Fsp3) is 0.931. The molecule has 7 nitrogen and oxygen atoms in total. The van der Waals surface area contributed by atoms with Gasteiger partial charge in [0.05, 0.1) is 13.0 Å². The molecule has 0 aromatic carbocycles. The lowest BCUT2D eigenvalue weighted by Crippen LogP contribution is -2.28. The smallest absolute Gasteiger partial charge is 0.309 e. The van der Waals surface area contributed by atoms with E-state index in [0.29, 0.717) is 19.6 Å². The van der Waals surface area contributed by atoms with Gasteiger partial charge in [0.15, 0.2) is 0 Å². The van der Waals surface area contributed by atoms with E-state index in [1.165, 1.54) is 84.0 Å². The van der Waals surface area contributed by atoms with Crippen LogP contribution in [-0.2, 0) is 33.6 Å². The van der Waals surface area contributed by atoms with Crippen LogP contribution in [0.4, 0.5) is 0 Å². The van der Waals surface area contributed by atoms with Gasteiger partial charge >= 0.3 is 11.9 Å². The number of esters is 2. The molecule has 0 amide bonds. The highest BCUT2D eigenvalue weighted by atomic mass is 17.2. The molecule has 0 aliphatic rings. The lowest BCUT2D eigenvalue weighted by atomic mass is 10.0. The second-order valence-corrected chi connectivity index (χ2v) is 9.70. The second kappa shape index (κ2) is 26.9. The quantitative estimate of drug-likeness (QED) is 0.0362. The van der Waals surface area contributed by atoms with Gasteiger partial charge in [-0.2, -0.15) is 0 Å². The Hall–Kier alpha value is -1.18. The minimum Gasteiger partial charge on any atom is -0.462 e. The molecule has 0 aliphatic carbocycles. The predicted molar refractivity (Wildman–Crippen MR) is 143 cm³/mol. The Kier molecular flexibility index (Phi) is 26.0. The highest BCUT2D eigenvalue weighted by molar-refractivity contribution is 5.71. The van der Waals surface area contributed by atoms with Gasteiger partial charge in [0.1, 0.15) is 12.7 Å². The summed E-state index contributed by atoms with van der Waals surface area (Å²) in [5.74, 6) is -0.863. The molecular weight excluding hydrogens is 460 g/mol. The van der Waals surface area contributed by atoms with Crippen LogP contribution in [0.2, 0.25) is 0 Å². The number of ether oxygens (including phenoxy) is 3. The zero-order valence-electron chi connectivity index (χ0n) is 23.9. The van der Waals surface area contributed by atoms with Crippen LogP contribution >= 0.6 is 0 Å². The molecule has 0 saturated heterocycles. The zero-order chi connectivity index (χ0) is 26.7. The molecule has 0 aromatic heterocycles. The van der Waals surface area contributed by atoms with Crippen molar-refractivity contribution < 1.29 is 33.6 Å². The molecule has 214 valence electrons. The molecule has 2 atom stereocenters. The molecule has 0 fully saturated rings. The van der Waals surface area contributed by atoms with Gasteiger partial charge in [-0.05, 0) is 19.3 Å². The van der Waals surface area contributed by atoms with E-state index < -0.39 is 24.3 Å². The monoisotopic (exact) mass is 516 g/mol. The van der Waals surface area contributed by atoms with Gasteiger partial charge in [0, 0.05) is 13.5 Å². The molecule has 0 rings (SSSR count). The van der Waals surface area contributed by atoms with Gasteiger partial charge in [-0.3, -0.25) is 9.59 Å². The van der Waals surface area contributed by atoms with E-state index in [9.17, 15) is 9.59 Å². The van der Waals surface area contributed by atoms with E-state index in [1.54, 1.807) is 0 Å². The maximum atomic E-state index is 12.1. The van der Waals surface area contributed by atoms with Gasteiger partial charge in [0.2, 0.25) is 6.29 Å². The number of hydrogen-bond acceptors (Lipinski definition) is 7. The molecule has 0 aromatic rings. The summed E-state index contributed by atoms with van der Waals surface area (Å²) in [6, 6.07) is 0. The van der Waals surface area contributed by atoms with Crippen molar-refractivity contribution in [3.05, 3.63) is 0 Å². The maximum absolute atomic E-state index is 12.1. The van der Waals surface area contributed by atoms with E-state index >= 15 is 0 Å². The van der Waals surface area contributed by atoms with E-state index in [-0.39, 0.29) is 13.0 Å². The van der Waals surface area contributed by atoms with Crippen LogP contribution in [0.25, 0.3) is 0 Å². The lowest BCUT2D eigenvalue weighted by Gasteiger charge is -2.18. The first-order valence-corrected chi connectivity index (χ1v) is 14.8. The molecule has 0 heterocycles. The fourth-order valence-electron chi connectivity index (χ4n) is 3.85. The van der Waals surface area contributed by atoms with Crippen molar-refractivity contribution in [3.63, 3.8) is 0 Å². The minimum absolute atomic E-state index is 0.0116. The van der Waals surface area contributed by atoms with Crippen LogP contribution in [-0.4, -0.2) is 44.2 Å². The number of carbonyl (C=O) groups excluding carboxylic acids is 2. The molecule has 2 unspecified atom stereocenters. The molecule has 0 radical (unpaired) electrons. The number of hydrogen-bond donors (Lipinski definition) is 0. The van der Waals surface area contributed by atoms with Crippen molar-refractivity contribution in [3.8, 4) is 0 Å². The average Bonchev–Trinajstić information content (AvgIpc) is 2.85. The lowest BCUT2D eigenvalue weighted by molar-refractivity contribution is -0.384. The summed E-state index contributed by atoms with van der Waals surface area (Å²) in [7, 11) is 0. The minimum atomic E-state index is -0.763. The maximum Gasteiger partial charge on any atom is 0.309 e. The van der Waals surface area contributed by atoms with Crippen LogP contribution in [0, 0.1) is 0 Å². The normalized spacial score (nSPS) is 12.9. The summed E-state index contributed by atoms with van der Waals surface area (Å²) >= 11 is 0. The topological polar surface area (TPSA) is 80.3 Å². The van der Waals surface area contributed by atoms with Gasteiger partial charge in [0.25, 0.3) is 0 Å². The molecule has 0 N–H and O–H groups in total. The van der Waals surface area contributed by atoms with Crippen molar-refractivity contribution in [2.45, 2.75) is 156 Å². The first-order chi connectivity index (χ1) is 17.5. The average molecular weight is 517 g/mol. The number of unbranched alkanes of at least 4 members (excludes halogenated alkanes) is 14. The molecule has 0 saturated carbocycles. The summed E-state index contributed by atoms with van der Waals surface area (Å²) in [6.45, 7) is 8.46. The molecule has 0 bridgehead atoms. The van der Waals surface area contributed by atoms with Crippen molar-refractivity contribution in [1.82, 2.24) is 0 Å². The van der Waals surface area contributed by atoms with E-state index in [4.69, 9.17) is 24.0 Å². The second-order valence-electron chi connectivity index (χ2n) is 9.70. The Balaban J connectivity index is 3.81. The van der Waals surface area contributed by atoms with E-state index in [2.05, 4.69) is 13.8 Å². The summed E-state index contributed by atoms with van der Waals surface area (Å²) in [4.78, 5) is 33.9. The largest absolute Gasteiger partial charge is 0.462 e. The summed E-state index contributed by atoms with van der Waals surface area (Å²) < 4.78 is 16.0. The highest BCUT2D eigenvalue weighted by Gasteiger charge is 2.19. The van der Waals surface area contributed by atoms with Crippen LogP contribution in [0.3, 0.4) is 0 Å². The van der Waals surface area contributed by atoms with Gasteiger partial charge < -0.3 is 14.2 Å². The highest BCUT2D eigenvalue weighted by Crippen LogP contribution is 2.13. The standard InChI is InChI=1S/C29H56O7/c1-5-8-10-11-12-13-14-15-16-17-18-19-20-21-23-34-36-29(32-22-9-6-2)25-33-28(31)24-27(7-3)35-26(4)30/h27,29H,5-25H2,1-4H3. The summed E-state index contributed by atoms with van der Waals surface area (Å²) in [5, 5.41) is 0. The number of rotatable bonds is 27. The van der Waals surface area contributed by atoms with Crippen LogP contribution < -0.4 is 0 Å². The van der Waals surface area contributed by atoms with Crippen molar-refractivity contribution >= 4 is 11.9 Å². The first kappa shape index (κ1) is 34.8. The Morgan fingerprint density at radius 2 is 1.19 bits per heavy atom. The Morgan fingerprint density at radius 3 is 1.69 bits per heavy atom. The van der Waals surface area contributed by atoms with Gasteiger partial charge in [-0.25, -0.2) is 9.78 Å². The molecule has 0 spiro atoms. The summed E-state index contributed by atoms with van der Waals surface area (Å²) in [5.41, 5.74) is 0. The van der Waals surface area contributed by atoms with E-state index in [1.807, 2.05) is 6.92 Å². The van der Waals surface area contributed by atoms with Gasteiger partial charge in [-0.1, -0.05) is 111 Å². The van der Waals surface area contributed by atoms with Gasteiger partial charge in [-0.15, -0.1) is 0 Å². The summed E-state index contributed by atoms with van der Waals surface area (Å²) in [6.07, 6.45) is 19.5. The zero-order valence-corrected chi connectivity index (χ0v) is 23.9. The molecular formula is C29H56O7. The third-order valence-electron chi connectivity index (χ3n) is 6.12. The Bertz CT molecular complexity index is 498. The van der Waals surface area contributed by atoms with Crippen molar-refractivity contribution in [2.75, 3.05) is 19.8 Å². The van der Waals surface area contributed by atoms with Crippen LogP contribution in [0.15, 0.2) is 0 Å². The molecule has 0 aliphatic heterocycles. The van der Waals surface area contributed by atoms with Crippen LogP contribution in [0.5, 0.6) is 0 Å². The third-order valence-corrected chi connectivity index (χ3v) is 6.12. The molecule has 36 heavy (non-hydrogen) atoms. The predicted octanol–water partition coefficient (Wildman–Crippen LogP) is 7.83.